The predicted octanol–water partition coefficient (Wildman–Crippen LogP) is 4.01. The van der Waals surface area contributed by atoms with Crippen LogP contribution in [-0.2, 0) is 12.6 Å². The molecule has 0 aliphatic rings. The van der Waals surface area contributed by atoms with Gasteiger partial charge < -0.3 is 14.6 Å². The van der Waals surface area contributed by atoms with Crippen LogP contribution in [0.3, 0.4) is 0 Å². The Morgan fingerprint density at radius 1 is 1.17 bits per heavy atom. The van der Waals surface area contributed by atoms with Gasteiger partial charge in [-0.15, -0.1) is 0 Å². The summed E-state index contributed by atoms with van der Waals surface area (Å²) >= 11 is 0. The first-order valence-electron chi connectivity index (χ1n) is 9.34. The molecule has 5 rings (SSSR count). The highest BCUT2D eigenvalue weighted by atomic mass is 19.1. The molecule has 2 N–H and O–H groups in total. The first-order valence-corrected chi connectivity index (χ1v) is 9.34. The lowest BCUT2D eigenvalue weighted by molar-refractivity contribution is 0.0691. The maximum atomic E-state index is 13.6. The number of nitrogens with one attached hydrogen (secondary N) is 1. The van der Waals surface area contributed by atoms with Gasteiger partial charge in [-0.05, 0) is 30.7 Å². The van der Waals surface area contributed by atoms with Crippen LogP contribution in [0.25, 0.3) is 33.4 Å². The van der Waals surface area contributed by atoms with Gasteiger partial charge in [0, 0.05) is 53.8 Å². The van der Waals surface area contributed by atoms with Gasteiger partial charge in [0.05, 0.1) is 6.20 Å². The summed E-state index contributed by atoms with van der Waals surface area (Å²) in [5, 5.41) is 20.2. The maximum absolute atomic E-state index is 13.6. The number of aryl methyl sites for hydroxylation is 1. The van der Waals surface area contributed by atoms with Crippen LogP contribution in [0, 0.1) is 5.82 Å². The molecule has 8 heteroatoms. The lowest BCUT2D eigenvalue weighted by Gasteiger charge is -2.20. The van der Waals surface area contributed by atoms with Gasteiger partial charge in [-0.3, -0.25) is 4.68 Å². The Hall–Kier alpha value is -3.78. The van der Waals surface area contributed by atoms with Crippen molar-refractivity contribution in [1.82, 2.24) is 24.9 Å². The van der Waals surface area contributed by atoms with E-state index in [1.165, 1.54) is 12.1 Å². The van der Waals surface area contributed by atoms with Gasteiger partial charge in [-0.2, -0.15) is 5.10 Å². The van der Waals surface area contributed by atoms with Gasteiger partial charge in [0.15, 0.2) is 5.76 Å². The number of aliphatic hydroxyl groups is 1. The van der Waals surface area contributed by atoms with E-state index in [1.807, 2.05) is 19.3 Å². The molecule has 5 aromatic rings. The zero-order chi connectivity index (χ0) is 20.9. The number of H-pyrrole nitrogens is 1. The minimum Gasteiger partial charge on any atom is -0.377 e. The van der Waals surface area contributed by atoms with E-state index in [2.05, 4.69) is 20.2 Å². The standard InChI is InChI=1S/C22H18FN5O2/c1-22(29,15-4-3-5-16(23)7-15)20-8-19(27-30-20)18-11-25-21-17(18)6-13(9-24-21)14-10-26-28(2)12-14/h3-12,29H,1-2H3,(H,24,25)/t22-/m0/s1. The molecule has 0 bridgehead atoms. The van der Waals surface area contributed by atoms with Crippen molar-refractivity contribution in [2.45, 2.75) is 12.5 Å². The van der Waals surface area contributed by atoms with Gasteiger partial charge in [-0.25, -0.2) is 9.37 Å². The van der Waals surface area contributed by atoms with Crippen LogP contribution in [0.5, 0.6) is 0 Å². The van der Waals surface area contributed by atoms with Gasteiger partial charge in [-0.1, -0.05) is 17.3 Å². The summed E-state index contributed by atoms with van der Waals surface area (Å²) in [7, 11) is 1.86. The topological polar surface area (TPSA) is 92.8 Å². The fourth-order valence-corrected chi connectivity index (χ4v) is 3.51. The second-order valence-corrected chi connectivity index (χ2v) is 7.38. The third-order valence-electron chi connectivity index (χ3n) is 5.22. The molecule has 0 aliphatic carbocycles. The lowest BCUT2D eigenvalue weighted by Crippen LogP contribution is -2.22. The highest BCUT2D eigenvalue weighted by molar-refractivity contribution is 5.94. The number of pyridine rings is 1. The average molecular weight is 403 g/mol. The van der Waals surface area contributed by atoms with E-state index >= 15 is 0 Å². The molecular weight excluding hydrogens is 385 g/mol. The molecule has 0 saturated heterocycles. The molecule has 7 nitrogen and oxygen atoms in total. The predicted molar refractivity (Wildman–Crippen MR) is 109 cm³/mol. The Balaban J connectivity index is 1.56. The van der Waals surface area contributed by atoms with E-state index in [-0.39, 0.29) is 5.76 Å². The molecule has 0 saturated carbocycles. The van der Waals surface area contributed by atoms with Crippen LogP contribution in [0.2, 0.25) is 0 Å². The van der Waals surface area contributed by atoms with Gasteiger partial charge in [0.25, 0.3) is 0 Å². The largest absolute Gasteiger partial charge is 0.377 e. The third kappa shape index (κ3) is 2.98. The van der Waals surface area contributed by atoms with Crippen molar-refractivity contribution >= 4 is 11.0 Å². The molecule has 0 radical (unpaired) electrons. The highest BCUT2D eigenvalue weighted by Gasteiger charge is 2.31. The van der Waals surface area contributed by atoms with E-state index < -0.39 is 11.4 Å². The van der Waals surface area contributed by atoms with Gasteiger partial charge in [0.1, 0.15) is 22.8 Å². The Labute approximate surface area is 170 Å². The van der Waals surface area contributed by atoms with Crippen molar-refractivity contribution in [1.29, 1.82) is 0 Å². The van der Waals surface area contributed by atoms with Crippen molar-refractivity contribution in [3.8, 4) is 22.4 Å². The molecule has 150 valence electrons. The zero-order valence-corrected chi connectivity index (χ0v) is 16.3. The number of nitrogens with zero attached hydrogens (tertiary/aromatic N) is 4. The van der Waals surface area contributed by atoms with E-state index in [0.717, 1.165) is 22.1 Å². The van der Waals surface area contributed by atoms with Crippen LogP contribution < -0.4 is 0 Å². The second kappa shape index (κ2) is 6.64. The van der Waals surface area contributed by atoms with E-state index in [9.17, 15) is 9.50 Å². The SMILES string of the molecule is Cn1cc(-c2cnc3[nH]cc(-c4cc([C@@](C)(O)c5cccc(F)c5)on4)c3c2)cn1. The molecule has 1 atom stereocenters. The van der Waals surface area contributed by atoms with Crippen molar-refractivity contribution in [2.24, 2.45) is 7.05 Å². The number of rotatable bonds is 4. The van der Waals surface area contributed by atoms with Crippen LogP contribution in [-0.4, -0.2) is 30.0 Å². The normalized spacial score (nSPS) is 13.6. The summed E-state index contributed by atoms with van der Waals surface area (Å²) in [5.41, 5.74) is 2.76. The van der Waals surface area contributed by atoms with E-state index in [1.54, 1.807) is 48.4 Å². The first kappa shape index (κ1) is 18.3. The van der Waals surface area contributed by atoms with Crippen molar-refractivity contribution in [2.75, 3.05) is 0 Å². The van der Waals surface area contributed by atoms with Crippen molar-refractivity contribution < 1.29 is 14.0 Å². The molecule has 0 amide bonds. The number of fused-ring (bicyclic) bond motifs is 1. The molecule has 0 spiro atoms. The van der Waals surface area contributed by atoms with Crippen molar-refractivity contribution in [3.05, 3.63) is 78.3 Å². The molecule has 30 heavy (non-hydrogen) atoms. The number of hydrogen-bond donors (Lipinski definition) is 2. The van der Waals surface area contributed by atoms with E-state index in [4.69, 9.17) is 4.52 Å². The summed E-state index contributed by atoms with van der Waals surface area (Å²) in [6, 6.07) is 9.44. The number of aromatic nitrogens is 5. The van der Waals surface area contributed by atoms with Gasteiger partial charge in [0.2, 0.25) is 0 Å². The highest BCUT2D eigenvalue weighted by Crippen LogP contribution is 2.35. The fourth-order valence-electron chi connectivity index (χ4n) is 3.51. The minimum atomic E-state index is -1.53. The molecule has 0 unspecified atom stereocenters. The number of benzene rings is 1. The van der Waals surface area contributed by atoms with Crippen LogP contribution in [0.15, 0.2) is 65.7 Å². The lowest BCUT2D eigenvalue weighted by atomic mass is 9.93. The first-order chi connectivity index (χ1) is 14.4. The summed E-state index contributed by atoms with van der Waals surface area (Å²) in [6.45, 7) is 1.54. The Morgan fingerprint density at radius 2 is 2.03 bits per heavy atom. The Bertz CT molecular complexity index is 1360. The van der Waals surface area contributed by atoms with Crippen LogP contribution in [0.1, 0.15) is 18.2 Å². The average Bonchev–Trinajstić information content (AvgIpc) is 3.46. The molecule has 4 heterocycles. The molecule has 1 aromatic carbocycles. The molecule has 0 aliphatic heterocycles. The molecule has 4 aromatic heterocycles. The monoisotopic (exact) mass is 403 g/mol. The zero-order valence-electron chi connectivity index (χ0n) is 16.3. The maximum Gasteiger partial charge on any atom is 0.173 e. The minimum absolute atomic E-state index is 0.217. The number of aromatic amines is 1. The summed E-state index contributed by atoms with van der Waals surface area (Å²) in [4.78, 5) is 7.62. The number of halogens is 1. The third-order valence-corrected chi connectivity index (χ3v) is 5.22. The summed E-state index contributed by atoms with van der Waals surface area (Å²) < 4.78 is 20.8. The summed E-state index contributed by atoms with van der Waals surface area (Å²) in [6.07, 6.45) is 7.27. The summed E-state index contributed by atoms with van der Waals surface area (Å²) in [5.74, 6) is -0.216. The second-order valence-electron chi connectivity index (χ2n) is 7.38. The van der Waals surface area contributed by atoms with E-state index in [0.29, 0.717) is 16.9 Å². The fraction of sp³-hybridized carbons (Fsp3) is 0.136. The van der Waals surface area contributed by atoms with Crippen molar-refractivity contribution in [3.63, 3.8) is 0 Å². The van der Waals surface area contributed by atoms with Crippen LogP contribution >= 0.6 is 0 Å². The Morgan fingerprint density at radius 3 is 2.80 bits per heavy atom. The smallest absolute Gasteiger partial charge is 0.173 e. The van der Waals surface area contributed by atoms with Crippen LogP contribution in [0.4, 0.5) is 4.39 Å². The Kier molecular flexibility index (Phi) is 4.04. The number of hydrogen-bond acceptors (Lipinski definition) is 5. The molecular formula is C22H18FN5O2. The quantitative estimate of drug-likeness (QED) is 0.473. The molecule has 0 fully saturated rings. The van der Waals surface area contributed by atoms with Gasteiger partial charge >= 0.3 is 0 Å².